The monoisotopic (exact) mass is 237 g/mol. The van der Waals surface area contributed by atoms with Crippen LogP contribution in [0, 0.1) is 19.9 Å². The first-order valence-electron chi connectivity index (χ1n) is 6.76. The molecule has 0 spiro atoms. The molecule has 0 atom stereocenters. The van der Waals surface area contributed by atoms with Crippen molar-refractivity contribution in [3.05, 3.63) is 58.7 Å². The summed E-state index contributed by atoms with van der Waals surface area (Å²) in [5.41, 5.74) is 7.87. The summed E-state index contributed by atoms with van der Waals surface area (Å²) < 4.78 is 0. The van der Waals surface area contributed by atoms with Gasteiger partial charge in [0.1, 0.15) is 0 Å². The predicted octanol–water partition coefficient (Wildman–Crippen LogP) is 4.90. The second-order valence-corrected chi connectivity index (χ2v) is 5.00. The van der Waals surface area contributed by atoms with Gasteiger partial charge in [-0.15, -0.1) is 0 Å². The summed E-state index contributed by atoms with van der Waals surface area (Å²) >= 11 is 0. The molecule has 2 aromatic rings. The molecule has 0 aromatic heterocycles. The Hall–Kier alpha value is -1.56. The lowest BCUT2D eigenvalue weighted by Gasteiger charge is -2.09. The van der Waals surface area contributed by atoms with Crippen LogP contribution in [0.3, 0.4) is 0 Å². The number of benzene rings is 2. The van der Waals surface area contributed by atoms with Crippen molar-refractivity contribution in [3.63, 3.8) is 0 Å². The molecule has 0 aliphatic heterocycles. The molecule has 0 fully saturated rings. The topological polar surface area (TPSA) is 0 Å². The van der Waals surface area contributed by atoms with Gasteiger partial charge >= 0.3 is 0 Å². The summed E-state index contributed by atoms with van der Waals surface area (Å²) in [4.78, 5) is 0. The third-order valence-electron chi connectivity index (χ3n) is 3.33. The lowest BCUT2D eigenvalue weighted by atomic mass is 9.96. The second-order valence-electron chi connectivity index (χ2n) is 5.00. The Morgan fingerprint density at radius 1 is 0.833 bits per heavy atom. The van der Waals surface area contributed by atoms with Gasteiger partial charge in [0.15, 0.2) is 0 Å². The highest BCUT2D eigenvalue weighted by Crippen LogP contribution is 2.24. The molecule has 0 aliphatic carbocycles. The fraction of sp³-hybridized carbons (Fsp3) is 0.333. The van der Waals surface area contributed by atoms with E-state index in [0.717, 1.165) is 12.8 Å². The minimum atomic E-state index is 1.08. The molecule has 0 saturated carbocycles. The van der Waals surface area contributed by atoms with Crippen LogP contribution < -0.4 is 0 Å². The smallest absolute Gasteiger partial charge is 0.00670 e. The summed E-state index contributed by atoms with van der Waals surface area (Å²) in [7, 11) is 0. The fourth-order valence-electron chi connectivity index (χ4n) is 2.37. The molecule has 0 bridgehead atoms. The quantitative estimate of drug-likeness (QED) is 0.712. The Morgan fingerprint density at radius 2 is 1.50 bits per heavy atom. The summed E-state index contributed by atoms with van der Waals surface area (Å²) in [5, 5.41) is 0. The highest BCUT2D eigenvalue weighted by molar-refractivity contribution is 5.66. The van der Waals surface area contributed by atoms with Crippen molar-refractivity contribution < 1.29 is 0 Å². The first-order chi connectivity index (χ1) is 8.62. The summed E-state index contributed by atoms with van der Waals surface area (Å²) in [6, 6.07) is 14.8. The molecule has 18 heavy (non-hydrogen) atoms. The molecule has 0 aliphatic rings. The lowest BCUT2D eigenvalue weighted by Crippen LogP contribution is -1.89. The van der Waals surface area contributed by atoms with E-state index < -0.39 is 0 Å². The maximum absolute atomic E-state index is 3.48. The molecule has 0 saturated heterocycles. The van der Waals surface area contributed by atoms with Gasteiger partial charge in [-0.1, -0.05) is 49.7 Å². The minimum Gasteiger partial charge on any atom is -0.0613 e. The third-order valence-corrected chi connectivity index (χ3v) is 3.33. The van der Waals surface area contributed by atoms with Crippen molar-refractivity contribution in [2.75, 3.05) is 0 Å². The Labute approximate surface area is 111 Å². The third kappa shape index (κ3) is 2.81. The van der Waals surface area contributed by atoms with Crippen molar-refractivity contribution in [1.82, 2.24) is 0 Å². The maximum atomic E-state index is 3.48. The predicted molar refractivity (Wildman–Crippen MR) is 78.9 cm³/mol. The Morgan fingerprint density at radius 3 is 2.17 bits per heavy atom. The van der Waals surface area contributed by atoms with Crippen LogP contribution in [-0.2, 0) is 12.8 Å². The van der Waals surface area contributed by atoms with Crippen molar-refractivity contribution in [2.24, 2.45) is 0 Å². The molecule has 0 nitrogen and oxygen atoms in total. The zero-order valence-corrected chi connectivity index (χ0v) is 11.8. The molecule has 0 heterocycles. The minimum absolute atomic E-state index is 1.08. The summed E-state index contributed by atoms with van der Waals surface area (Å²) in [6.45, 7) is 8.70. The average Bonchev–Trinajstić information content (AvgIpc) is 2.37. The summed E-state index contributed by atoms with van der Waals surface area (Å²) in [6.07, 6.45) is 2.16. The van der Waals surface area contributed by atoms with Gasteiger partial charge in [0.05, 0.1) is 0 Å². The molecule has 93 valence electrons. The van der Waals surface area contributed by atoms with Crippen LogP contribution in [0.5, 0.6) is 0 Å². The number of aryl methyl sites for hydroxylation is 4. The van der Waals surface area contributed by atoms with E-state index in [-0.39, 0.29) is 0 Å². The molecule has 2 aromatic carbocycles. The largest absolute Gasteiger partial charge is 0.0613 e. The van der Waals surface area contributed by atoms with Gasteiger partial charge in [-0.25, -0.2) is 0 Å². The van der Waals surface area contributed by atoms with Crippen molar-refractivity contribution in [1.29, 1.82) is 0 Å². The number of rotatable bonds is 3. The van der Waals surface area contributed by atoms with Gasteiger partial charge in [-0.2, -0.15) is 0 Å². The highest BCUT2D eigenvalue weighted by atomic mass is 14.1. The SMILES string of the molecule is CCc1cc(C)[c]c(-c2cc(C)cc(CC)c2)c1. The molecule has 0 heteroatoms. The Kier molecular flexibility index (Phi) is 3.86. The molecule has 0 unspecified atom stereocenters. The maximum Gasteiger partial charge on any atom is -0.00670 e. The lowest BCUT2D eigenvalue weighted by molar-refractivity contribution is 1.12. The number of hydrogen-bond acceptors (Lipinski definition) is 0. The molecule has 1 radical (unpaired) electrons. The van der Waals surface area contributed by atoms with Crippen molar-refractivity contribution in [2.45, 2.75) is 40.5 Å². The van der Waals surface area contributed by atoms with Crippen molar-refractivity contribution in [3.8, 4) is 11.1 Å². The van der Waals surface area contributed by atoms with E-state index in [9.17, 15) is 0 Å². The molecule has 0 amide bonds. The average molecular weight is 237 g/mol. The standard InChI is InChI=1S/C18H21/c1-5-15-7-13(3)9-17(11-15)18-10-14(4)8-16(6-2)12-18/h7-9,11-12H,5-6H2,1-4H3. The zero-order valence-electron chi connectivity index (χ0n) is 11.8. The molecule has 0 N–H and O–H groups in total. The van der Waals surface area contributed by atoms with E-state index in [2.05, 4.69) is 64.1 Å². The van der Waals surface area contributed by atoms with Crippen LogP contribution in [0.25, 0.3) is 11.1 Å². The summed E-state index contributed by atoms with van der Waals surface area (Å²) in [5.74, 6) is 0. The van der Waals surface area contributed by atoms with Gasteiger partial charge in [0, 0.05) is 0 Å². The molecule has 2 rings (SSSR count). The molecular weight excluding hydrogens is 216 g/mol. The van der Waals surface area contributed by atoms with Crippen LogP contribution >= 0.6 is 0 Å². The van der Waals surface area contributed by atoms with E-state index in [1.165, 1.54) is 33.4 Å². The van der Waals surface area contributed by atoms with Crippen molar-refractivity contribution >= 4 is 0 Å². The number of hydrogen-bond donors (Lipinski definition) is 0. The molecular formula is C18H21. The van der Waals surface area contributed by atoms with E-state index >= 15 is 0 Å². The Bertz CT molecular complexity index is 498. The van der Waals surface area contributed by atoms with E-state index in [1.807, 2.05) is 0 Å². The van der Waals surface area contributed by atoms with Crippen LogP contribution in [0.2, 0.25) is 0 Å². The van der Waals surface area contributed by atoms with E-state index in [4.69, 9.17) is 0 Å². The van der Waals surface area contributed by atoms with Gasteiger partial charge in [-0.3, -0.25) is 0 Å². The normalized spacial score (nSPS) is 10.7. The van der Waals surface area contributed by atoms with Crippen LogP contribution in [0.15, 0.2) is 30.3 Å². The van der Waals surface area contributed by atoms with Gasteiger partial charge in [0.25, 0.3) is 0 Å². The first kappa shape index (κ1) is 12.9. The van der Waals surface area contributed by atoms with E-state index in [1.54, 1.807) is 0 Å². The van der Waals surface area contributed by atoms with Crippen LogP contribution in [0.4, 0.5) is 0 Å². The fourth-order valence-corrected chi connectivity index (χ4v) is 2.37. The van der Waals surface area contributed by atoms with E-state index in [0.29, 0.717) is 0 Å². The van der Waals surface area contributed by atoms with Gasteiger partial charge < -0.3 is 0 Å². The van der Waals surface area contributed by atoms with Gasteiger partial charge in [-0.05, 0) is 60.6 Å². The van der Waals surface area contributed by atoms with Gasteiger partial charge in [0.2, 0.25) is 0 Å². The van der Waals surface area contributed by atoms with Crippen LogP contribution in [-0.4, -0.2) is 0 Å². The second kappa shape index (κ2) is 5.39. The highest BCUT2D eigenvalue weighted by Gasteiger charge is 2.03. The Balaban J connectivity index is 2.53. The zero-order chi connectivity index (χ0) is 13.1. The first-order valence-corrected chi connectivity index (χ1v) is 6.76. The van der Waals surface area contributed by atoms with Crippen LogP contribution in [0.1, 0.15) is 36.1 Å².